The predicted molar refractivity (Wildman–Crippen MR) is 103 cm³/mol. The topological polar surface area (TPSA) is 61.4 Å². The fourth-order valence-corrected chi connectivity index (χ4v) is 3.92. The van der Waals surface area contributed by atoms with Crippen LogP contribution in [0, 0.1) is 0 Å². The molecular weight excluding hydrogens is 383 g/mol. The molecule has 0 radical (unpaired) electrons. The third-order valence-electron chi connectivity index (χ3n) is 5.36. The summed E-state index contributed by atoms with van der Waals surface area (Å²) in [5, 5.41) is 5.85. The van der Waals surface area contributed by atoms with Crippen LogP contribution in [0.5, 0.6) is 0 Å². The smallest absolute Gasteiger partial charge is 0.356 e. The molecule has 2 amide bonds. The first kappa shape index (κ1) is 19.3. The number of carbonyl (C=O) groups is 2. The summed E-state index contributed by atoms with van der Waals surface area (Å²) in [7, 11) is 0. The number of halogens is 3. The lowest BCUT2D eigenvalue weighted by Crippen LogP contribution is -2.44. The van der Waals surface area contributed by atoms with E-state index >= 15 is 0 Å². The van der Waals surface area contributed by atoms with E-state index in [9.17, 15) is 22.8 Å². The summed E-state index contributed by atoms with van der Waals surface area (Å²) in [6.45, 7) is 0.543. The lowest BCUT2D eigenvalue weighted by atomic mass is 10.1. The second-order valence-corrected chi connectivity index (χ2v) is 7.37. The Morgan fingerprint density at radius 2 is 1.86 bits per heavy atom. The van der Waals surface area contributed by atoms with E-state index in [0.717, 1.165) is 23.5 Å². The highest BCUT2D eigenvalue weighted by Crippen LogP contribution is 2.36. The molecule has 0 aliphatic carbocycles. The average Bonchev–Trinajstić information content (AvgIpc) is 3.11. The van der Waals surface area contributed by atoms with Crippen molar-refractivity contribution in [1.82, 2.24) is 5.32 Å². The number of benzene rings is 2. The van der Waals surface area contributed by atoms with E-state index < -0.39 is 11.7 Å². The maximum Gasteiger partial charge on any atom is 0.416 e. The van der Waals surface area contributed by atoms with Gasteiger partial charge in [0.2, 0.25) is 11.8 Å². The third-order valence-corrected chi connectivity index (χ3v) is 5.36. The van der Waals surface area contributed by atoms with Crippen LogP contribution in [-0.4, -0.2) is 30.4 Å². The molecule has 29 heavy (non-hydrogen) atoms. The van der Waals surface area contributed by atoms with Gasteiger partial charge in [0.05, 0.1) is 16.9 Å². The first-order chi connectivity index (χ1) is 13.8. The maximum absolute atomic E-state index is 12.6. The Hall–Kier alpha value is -3.03. The van der Waals surface area contributed by atoms with Crippen LogP contribution in [0.4, 0.5) is 24.5 Å². The Bertz CT molecular complexity index is 928. The van der Waals surface area contributed by atoms with Gasteiger partial charge in [-0.2, -0.15) is 13.2 Å². The van der Waals surface area contributed by atoms with Crippen molar-refractivity contribution in [3.05, 3.63) is 59.7 Å². The zero-order valence-corrected chi connectivity index (χ0v) is 15.5. The molecule has 2 unspecified atom stereocenters. The second-order valence-electron chi connectivity index (χ2n) is 7.37. The van der Waals surface area contributed by atoms with Gasteiger partial charge in [0.25, 0.3) is 0 Å². The minimum absolute atomic E-state index is 0.0785. The number of nitrogens with one attached hydrogen (secondary N) is 2. The largest absolute Gasteiger partial charge is 0.416 e. The molecule has 2 heterocycles. The molecule has 1 fully saturated rings. The molecule has 0 bridgehead atoms. The first-order valence-corrected chi connectivity index (χ1v) is 9.43. The molecule has 152 valence electrons. The van der Waals surface area contributed by atoms with Gasteiger partial charge in [-0.05, 0) is 42.7 Å². The zero-order chi connectivity index (χ0) is 20.6. The SMILES string of the molecule is O=C(CCc1ccc(C(F)(F)F)cc1)NC1CC2C(=O)Nc3ccccc3N2C1. The van der Waals surface area contributed by atoms with Crippen LogP contribution in [-0.2, 0) is 22.2 Å². The molecule has 2 aliphatic heterocycles. The number of alkyl halides is 3. The molecule has 8 heteroatoms. The maximum atomic E-state index is 12.6. The van der Waals surface area contributed by atoms with Gasteiger partial charge < -0.3 is 15.5 Å². The van der Waals surface area contributed by atoms with Gasteiger partial charge in [-0.25, -0.2) is 0 Å². The van der Waals surface area contributed by atoms with E-state index in [1.165, 1.54) is 12.1 Å². The summed E-state index contributed by atoms with van der Waals surface area (Å²) in [4.78, 5) is 26.7. The Balaban J connectivity index is 1.33. The zero-order valence-electron chi connectivity index (χ0n) is 15.5. The highest BCUT2D eigenvalue weighted by molar-refractivity contribution is 6.04. The van der Waals surface area contributed by atoms with Gasteiger partial charge in [0, 0.05) is 19.0 Å². The first-order valence-electron chi connectivity index (χ1n) is 9.43. The van der Waals surface area contributed by atoms with Crippen LogP contribution in [0.15, 0.2) is 48.5 Å². The molecule has 2 aromatic rings. The van der Waals surface area contributed by atoms with Gasteiger partial charge in [-0.1, -0.05) is 24.3 Å². The number of para-hydroxylation sites is 2. The van der Waals surface area contributed by atoms with Crippen molar-refractivity contribution in [3.8, 4) is 0 Å². The highest BCUT2D eigenvalue weighted by Gasteiger charge is 2.41. The van der Waals surface area contributed by atoms with Gasteiger partial charge in [-0.3, -0.25) is 9.59 Å². The molecule has 2 aliphatic rings. The van der Waals surface area contributed by atoms with Crippen LogP contribution in [0.25, 0.3) is 0 Å². The summed E-state index contributed by atoms with van der Waals surface area (Å²) in [5.74, 6) is -0.256. The number of anilines is 2. The van der Waals surface area contributed by atoms with Crippen LogP contribution in [0.3, 0.4) is 0 Å². The van der Waals surface area contributed by atoms with Crippen LogP contribution in [0.2, 0.25) is 0 Å². The number of carbonyl (C=O) groups excluding carboxylic acids is 2. The van der Waals surface area contributed by atoms with Crippen LogP contribution >= 0.6 is 0 Å². The number of amides is 2. The number of hydrogen-bond acceptors (Lipinski definition) is 3. The van der Waals surface area contributed by atoms with Gasteiger partial charge >= 0.3 is 6.18 Å². The number of nitrogens with zero attached hydrogens (tertiary/aromatic N) is 1. The summed E-state index contributed by atoms with van der Waals surface area (Å²) in [6, 6.07) is 11.9. The van der Waals surface area contributed by atoms with Crippen molar-refractivity contribution in [2.45, 2.75) is 37.5 Å². The lowest BCUT2D eigenvalue weighted by Gasteiger charge is -2.32. The van der Waals surface area contributed by atoms with Gasteiger partial charge in [0.1, 0.15) is 6.04 Å². The van der Waals surface area contributed by atoms with E-state index in [2.05, 4.69) is 10.6 Å². The normalized spacial score (nSPS) is 20.7. The molecular formula is C21H20F3N3O2. The molecule has 2 atom stereocenters. The molecule has 1 saturated heterocycles. The molecule has 2 N–H and O–H groups in total. The summed E-state index contributed by atoms with van der Waals surface area (Å²) >= 11 is 0. The standard InChI is InChI=1S/C21H20F3N3O2/c22-21(23,24)14-8-5-13(6-9-14)7-10-19(28)25-15-11-18-20(29)26-16-3-1-2-4-17(16)27(18)12-15/h1-6,8-9,15,18H,7,10-12H2,(H,25,28)(H,26,29). The third kappa shape index (κ3) is 4.06. The number of rotatable bonds is 4. The molecule has 4 rings (SSSR count). The van der Waals surface area contributed by atoms with Crippen molar-refractivity contribution in [2.75, 3.05) is 16.8 Å². The Labute approximate surface area is 165 Å². The van der Waals surface area contributed by atoms with E-state index in [1.807, 2.05) is 29.2 Å². The van der Waals surface area contributed by atoms with E-state index in [4.69, 9.17) is 0 Å². The quantitative estimate of drug-likeness (QED) is 0.823. The minimum Gasteiger partial charge on any atom is -0.356 e. The Kier molecular flexibility index (Phi) is 4.94. The fraction of sp³-hybridized carbons (Fsp3) is 0.333. The van der Waals surface area contributed by atoms with Gasteiger partial charge in [0.15, 0.2) is 0 Å². The monoisotopic (exact) mass is 403 g/mol. The van der Waals surface area contributed by atoms with E-state index in [0.29, 0.717) is 24.9 Å². The average molecular weight is 403 g/mol. The molecule has 0 aromatic heterocycles. The fourth-order valence-electron chi connectivity index (χ4n) is 3.92. The predicted octanol–water partition coefficient (Wildman–Crippen LogP) is 3.35. The summed E-state index contributed by atoms with van der Waals surface area (Å²) in [5.41, 5.74) is 1.68. The summed E-state index contributed by atoms with van der Waals surface area (Å²) in [6.07, 6.45) is -3.32. The molecule has 0 spiro atoms. The van der Waals surface area contributed by atoms with Crippen LogP contribution in [0.1, 0.15) is 24.0 Å². The number of aryl methyl sites for hydroxylation is 1. The van der Waals surface area contributed by atoms with Crippen molar-refractivity contribution in [1.29, 1.82) is 0 Å². The Morgan fingerprint density at radius 1 is 1.14 bits per heavy atom. The van der Waals surface area contributed by atoms with Crippen molar-refractivity contribution >= 4 is 23.2 Å². The highest BCUT2D eigenvalue weighted by atomic mass is 19.4. The minimum atomic E-state index is -4.37. The second kappa shape index (κ2) is 7.42. The van der Waals surface area contributed by atoms with Crippen molar-refractivity contribution in [3.63, 3.8) is 0 Å². The van der Waals surface area contributed by atoms with E-state index in [-0.39, 0.29) is 30.3 Å². The van der Waals surface area contributed by atoms with Gasteiger partial charge in [-0.15, -0.1) is 0 Å². The molecule has 2 aromatic carbocycles. The lowest BCUT2D eigenvalue weighted by molar-refractivity contribution is -0.137. The number of hydrogen-bond donors (Lipinski definition) is 2. The number of fused-ring (bicyclic) bond motifs is 3. The van der Waals surface area contributed by atoms with Crippen LogP contribution < -0.4 is 15.5 Å². The Morgan fingerprint density at radius 3 is 2.59 bits per heavy atom. The van der Waals surface area contributed by atoms with Crippen molar-refractivity contribution < 1.29 is 22.8 Å². The summed E-state index contributed by atoms with van der Waals surface area (Å²) < 4.78 is 37.8. The molecule has 5 nitrogen and oxygen atoms in total. The molecule has 0 saturated carbocycles. The van der Waals surface area contributed by atoms with Crippen molar-refractivity contribution in [2.24, 2.45) is 0 Å². The van der Waals surface area contributed by atoms with E-state index in [1.54, 1.807) is 0 Å².